The zero-order valence-electron chi connectivity index (χ0n) is 12.8. The van der Waals surface area contributed by atoms with Crippen molar-refractivity contribution in [2.45, 2.75) is 46.6 Å². The van der Waals surface area contributed by atoms with Gasteiger partial charge in [-0.3, -0.25) is 0 Å². The summed E-state index contributed by atoms with van der Waals surface area (Å²) < 4.78 is 1.00. The molecule has 1 atom stereocenters. The largest absolute Gasteiger partial charge is 0.356 e. The topological polar surface area (TPSA) is 42.2 Å². The van der Waals surface area contributed by atoms with Crippen LogP contribution in [0.25, 0.3) is 0 Å². The molecule has 0 amide bonds. The second kappa shape index (κ2) is 6.44. The smallest absolute Gasteiger partial charge is 0.133 e. The molecule has 4 heteroatoms. The molecule has 1 aromatic rings. The molecule has 1 unspecified atom stereocenters. The van der Waals surface area contributed by atoms with Crippen LogP contribution in [-0.2, 0) is 6.54 Å². The molecule has 1 saturated heterocycles. The lowest BCUT2D eigenvalue weighted by atomic mass is 9.77. The summed E-state index contributed by atoms with van der Waals surface area (Å²) >= 11 is 3.48. The van der Waals surface area contributed by atoms with Gasteiger partial charge in [-0.1, -0.05) is 20.8 Å². The van der Waals surface area contributed by atoms with Crippen LogP contribution in [0.4, 0.5) is 5.82 Å². The van der Waals surface area contributed by atoms with E-state index in [1.165, 1.54) is 19.3 Å². The van der Waals surface area contributed by atoms with Gasteiger partial charge < -0.3 is 10.6 Å². The highest BCUT2D eigenvalue weighted by atomic mass is 79.9. The van der Waals surface area contributed by atoms with E-state index < -0.39 is 0 Å². The molecule has 2 N–H and O–H groups in total. The molecule has 0 aromatic carbocycles. The molecule has 0 spiro atoms. The number of halogens is 1. The van der Waals surface area contributed by atoms with Crippen LogP contribution < -0.4 is 10.6 Å². The third-order valence-corrected chi connectivity index (χ3v) is 4.82. The van der Waals surface area contributed by atoms with Crippen molar-refractivity contribution in [2.24, 2.45) is 17.1 Å². The minimum Gasteiger partial charge on any atom is -0.356 e. The van der Waals surface area contributed by atoms with Crippen molar-refractivity contribution in [1.82, 2.24) is 4.98 Å². The molecule has 3 nitrogen and oxygen atoms in total. The highest BCUT2D eigenvalue weighted by Crippen LogP contribution is 2.35. The first-order chi connectivity index (χ1) is 9.41. The Kier molecular flexibility index (Phi) is 5.08. The predicted octanol–water partition coefficient (Wildman–Crippen LogP) is 3.96. The Balaban J connectivity index is 2.15. The molecule has 1 aliphatic rings. The van der Waals surface area contributed by atoms with Crippen LogP contribution in [0, 0.1) is 11.3 Å². The summed E-state index contributed by atoms with van der Waals surface area (Å²) in [5, 5.41) is 0. The Labute approximate surface area is 131 Å². The second-order valence-electron chi connectivity index (χ2n) is 6.82. The lowest BCUT2D eigenvalue weighted by Gasteiger charge is -2.30. The van der Waals surface area contributed by atoms with Gasteiger partial charge in [-0.05, 0) is 52.6 Å². The maximum Gasteiger partial charge on any atom is 0.133 e. The van der Waals surface area contributed by atoms with E-state index in [1.807, 2.05) is 6.20 Å². The number of rotatable bonds is 2. The standard InChI is InChI=1S/C16H26BrN3/c1-16(2,3)13-5-4-7-20(8-6-13)15-12(10-18)9-14(17)11-19-15/h9,11,13H,4-8,10,18H2,1-3H3. The van der Waals surface area contributed by atoms with Gasteiger partial charge in [-0.15, -0.1) is 0 Å². The van der Waals surface area contributed by atoms with Crippen molar-refractivity contribution in [1.29, 1.82) is 0 Å². The van der Waals surface area contributed by atoms with Gasteiger partial charge in [0.15, 0.2) is 0 Å². The maximum atomic E-state index is 5.87. The van der Waals surface area contributed by atoms with Crippen molar-refractivity contribution in [3.8, 4) is 0 Å². The van der Waals surface area contributed by atoms with Crippen LogP contribution in [0.3, 0.4) is 0 Å². The Morgan fingerprint density at radius 1 is 1.35 bits per heavy atom. The number of pyridine rings is 1. The first-order valence-electron chi connectivity index (χ1n) is 7.51. The average Bonchev–Trinajstić information content (AvgIpc) is 2.63. The van der Waals surface area contributed by atoms with Gasteiger partial charge in [0.1, 0.15) is 5.82 Å². The van der Waals surface area contributed by atoms with E-state index in [9.17, 15) is 0 Å². The zero-order chi connectivity index (χ0) is 14.8. The number of anilines is 1. The summed E-state index contributed by atoms with van der Waals surface area (Å²) in [6.07, 6.45) is 5.67. The number of nitrogens with two attached hydrogens (primary N) is 1. The number of aromatic nitrogens is 1. The van der Waals surface area contributed by atoms with E-state index >= 15 is 0 Å². The molecule has 1 aliphatic heterocycles. The van der Waals surface area contributed by atoms with Crippen molar-refractivity contribution in [2.75, 3.05) is 18.0 Å². The fraction of sp³-hybridized carbons (Fsp3) is 0.688. The maximum absolute atomic E-state index is 5.87. The minimum atomic E-state index is 0.403. The third kappa shape index (κ3) is 3.73. The Bertz CT molecular complexity index is 454. The van der Waals surface area contributed by atoms with E-state index in [2.05, 4.69) is 52.7 Å². The summed E-state index contributed by atoms with van der Waals surface area (Å²) in [7, 11) is 0. The van der Waals surface area contributed by atoms with E-state index in [0.717, 1.165) is 34.9 Å². The Morgan fingerprint density at radius 3 is 2.75 bits per heavy atom. The molecule has 1 fully saturated rings. The minimum absolute atomic E-state index is 0.403. The van der Waals surface area contributed by atoms with E-state index in [4.69, 9.17) is 5.73 Å². The molecule has 0 aliphatic carbocycles. The summed E-state index contributed by atoms with van der Waals surface area (Å²) in [4.78, 5) is 7.02. The van der Waals surface area contributed by atoms with Crippen LogP contribution in [0.15, 0.2) is 16.7 Å². The van der Waals surface area contributed by atoms with Crippen molar-refractivity contribution in [3.05, 3.63) is 22.3 Å². The van der Waals surface area contributed by atoms with Gasteiger partial charge in [0.2, 0.25) is 0 Å². The Morgan fingerprint density at radius 2 is 2.10 bits per heavy atom. The van der Waals surface area contributed by atoms with Crippen LogP contribution >= 0.6 is 15.9 Å². The number of nitrogens with zero attached hydrogens (tertiary/aromatic N) is 2. The van der Waals surface area contributed by atoms with E-state index in [1.54, 1.807) is 0 Å². The van der Waals surface area contributed by atoms with Crippen LogP contribution in [0.1, 0.15) is 45.6 Å². The molecule has 0 bridgehead atoms. The van der Waals surface area contributed by atoms with Crippen molar-refractivity contribution < 1.29 is 0 Å². The highest BCUT2D eigenvalue weighted by Gasteiger charge is 2.27. The number of hydrogen-bond acceptors (Lipinski definition) is 3. The highest BCUT2D eigenvalue weighted by molar-refractivity contribution is 9.10. The first-order valence-corrected chi connectivity index (χ1v) is 8.30. The molecule has 1 aromatic heterocycles. The molecular formula is C16H26BrN3. The average molecular weight is 340 g/mol. The second-order valence-corrected chi connectivity index (χ2v) is 7.74. The molecule has 20 heavy (non-hydrogen) atoms. The zero-order valence-corrected chi connectivity index (χ0v) is 14.4. The molecule has 0 saturated carbocycles. The fourth-order valence-electron chi connectivity index (χ4n) is 3.08. The van der Waals surface area contributed by atoms with E-state index in [0.29, 0.717) is 12.0 Å². The van der Waals surface area contributed by atoms with E-state index in [-0.39, 0.29) is 0 Å². The van der Waals surface area contributed by atoms with Gasteiger partial charge in [0.25, 0.3) is 0 Å². The van der Waals surface area contributed by atoms with Crippen LogP contribution in [-0.4, -0.2) is 18.1 Å². The van der Waals surface area contributed by atoms with Gasteiger partial charge >= 0.3 is 0 Å². The molecular weight excluding hydrogens is 314 g/mol. The lowest BCUT2D eigenvalue weighted by Crippen LogP contribution is -2.28. The molecule has 112 valence electrons. The monoisotopic (exact) mass is 339 g/mol. The summed E-state index contributed by atoms with van der Waals surface area (Å²) in [6.45, 7) is 9.79. The lowest BCUT2D eigenvalue weighted by molar-refractivity contribution is 0.220. The SMILES string of the molecule is CC(C)(C)C1CCCN(c2ncc(Br)cc2CN)CC1. The summed E-state index contributed by atoms with van der Waals surface area (Å²) in [6, 6.07) is 2.09. The molecule has 2 heterocycles. The van der Waals surface area contributed by atoms with Crippen molar-refractivity contribution in [3.63, 3.8) is 0 Å². The summed E-state index contributed by atoms with van der Waals surface area (Å²) in [5.41, 5.74) is 7.41. The first kappa shape index (κ1) is 15.8. The van der Waals surface area contributed by atoms with Gasteiger partial charge in [0, 0.05) is 35.9 Å². The quantitative estimate of drug-likeness (QED) is 0.886. The number of hydrogen-bond donors (Lipinski definition) is 1. The predicted molar refractivity (Wildman–Crippen MR) is 88.8 cm³/mol. The van der Waals surface area contributed by atoms with Gasteiger partial charge in [-0.25, -0.2) is 4.98 Å². The molecule has 2 rings (SSSR count). The molecule has 0 radical (unpaired) electrons. The third-order valence-electron chi connectivity index (χ3n) is 4.38. The van der Waals surface area contributed by atoms with Crippen LogP contribution in [0.2, 0.25) is 0 Å². The normalized spacial score (nSPS) is 20.9. The fourth-order valence-corrected chi connectivity index (χ4v) is 3.46. The Hall–Kier alpha value is -0.610. The summed E-state index contributed by atoms with van der Waals surface area (Å²) in [5.74, 6) is 1.87. The van der Waals surface area contributed by atoms with Crippen molar-refractivity contribution >= 4 is 21.7 Å². The van der Waals surface area contributed by atoms with Crippen LogP contribution in [0.5, 0.6) is 0 Å². The van der Waals surface area contributed by atoms with Gasteiger partial charge in [0.05, 0.1) is 0 Å². The van der Waals surface area contributed by atoms with Gasteiger partial charge in [-0.2, -0.15) is 0 Å².